The predicted molar refractivity (Wildman–Crippen MR) is 381 cm³/mol. The summed E-state index contributed by atoms with van der Waals surface area (Å²) in [6.45, 7) is 0. The van der Waals surface area contributed by atoms with Crippen molar-refractivity contribution in [2.45, 2.75) is 6.42 Å². The summed E-state index contributed by atoms with van der Waals surface area (Å²) in [5, 5.41) is 10.9. The Morgan fingerprint density at radius 3 is 0.783 bits per heavy atom. The molecule has 404 valence electrons. The van der Waals surface area contributed by atoms with E-state index >= 15 is 0 Å². The SMILES string of the molecule is CI.CI.Clc1ccc(-c2ccc3ccc(-c4ccccc4)cc3c2)cc1.Nc1ccc(-c2ccc3ccccc3c2)cc1.c1ccc(-c2ccc3ccc(-c4ccc(Cc5ccc(-c6ccc7ccccc7c6)cc5)cc4)cc3c2)cc1. The normalized spacial score (nSPS) is 10.6. The fraction of sp³-hybridized carbons (Fsp3) is 0.0380. The van der Waals surface area contributed by atoms with E-state index in [0.29, 0.717) is 0 Å². The van der Waals surface area contributed by atoms with E-state index in [2.05, 4.69) is 330 Å². The van der Waals surface area contributed by atoms with Crippen LogP contribution >= 0.6 is 56.8 Å². The maximum absolute atomic E-state index is 5.98. The summed E-state index contributed by atoms with van der Waals surface area (Å²) in [5.74, 6) is 0. The Kier molecular flexibility index (Phi) is 19.9. The van der Waals surface area contributed by atoms with Crippen molar-refractivity contribution in [2.24, 2.45) is 0 Å². The summed E-state index contributed by atoms with van der Waals surface area (Å²) >= 11 is 10.3. The van der Waals surface area contributed by atoms with Gasteiger partial charge in [0.2, 0.25) is 0 Å². The molecule has 1 nitrogen and oxygen atoms in total. The average molecular weight is 1310 g/mol. The molecule has 83 heavy (non-hydrogen) atoms. The van der Waals surface area contributed by atoms with Gasteiger partial charge in [0, 0.05) is 10.7 Å². The highest BCUT2D eigenvalue weighted by molar-refractivity contribution is 14.1. The topological polar surface area (TPSA) is 26.0 Å². The van der Waals surface area contributed by atoms with Crippen LogP contribution in [0.4, 0.5) is 5.69 Å². The number of hydrogen-bond acceptors (Lipinski definition) is 1. The third-order valence-electron chi connectivity index (χ3n) is 14.8. The summed E-state index contributed by atoms with van der Waals surface area (Å²) < 4.78 is 0. The number of hydrogen-bond donors (Lipinski definition) is 1. The second-order valence-electron chi connectivity index (χ2n) is 20.1. The second kappa shape index (κ2) is 28.6. The lowest BCUT2D eigenvalue weighted by Crippen LogP contribution is -1.89. The zero-order valence-corrected chi connectivity index (χ0v) is 51.5. The second-order valence-corrected chi connectivity index (χ2v) is 20.5. The van der Waals surface area contributed by atoms with Crippen molar-refractivity contribution in [3.05, 3.63) is 332 Å². The number of rotatable bonds is 8. The first-order valence-corrected chi connectivity index (χ1v) is 32.3. The first kappa shape index (κ1) is 57.9. The summed E-state index contributed by atoms with van der Waals surface area (Å²) in [7, 11) is 0. The molecule has 0 amide bonds. The minimum Gasteiger partial charge on any atom is -0.399 e. The van der Waals surface area contributed by atoms with Crippen molar-refractivity contribution in [3.63, 3.8) is 0 Å². The van der Waals surface area contributed by atoms with E-state index in [1.165, 1.54) is 121 Å². The number of alkyl halides is 2. The predicted octanol–water partition coefficient (Wildman–Crippen LogP) is 23.6. The Balaban J connectivity index is 0.000000148. The lowest BCUT2D eigenvalue weighted by Gasteiger charge is -2.09. The van der Waals surface area contributed by atoms with Crippen LogP contribution in [0.25, 0.3) is 110 Å². The van der Waals surface area contributed by atoms with Crippen molar-refractivity contribution in [1.29, 1.82) is 0 Å². The van der Waals surface area contributed by atoms with E-state index in [1.807, 2.05) is 40.2 Å². The third kappa shape index (κ3) is 14.8. The standard InChI is InChI=1S/C39H28.C22H15Cl.C16H13N.2CH3I/c1-2-6-30(7-3-1)37-22-19-34-20-23-38(27-39(34)26-37)33-16-12-29(13-17-33)24-28-10-14-32(15-11-28)36-21-18-31-8-4-5-9-35(31)25-36;23-22-12-10-17(11-13-22)20-9-7-18-6-8-19(14-21(18)15-20)16-4-2-1-3-5-16;17-16-9-7-13(8-10-16)15-6-5-12-3-1-2-4-14(12)11-15;2*1-2/h1-23,25-27H,24H2;1-15H;1-11H,17H2;2*1H3. The maximum atomic E-state index is 5.98. The van der Waals surface area contributed by atoms with Gasteiger partial charge in [0.25, 0.3) is 0 Å². The largest absolute Gasteiger partial charge is 0.399 e. The third-order valence-corrected chi connectivity index (χ3v) is 15.0. The average Bonchev–Trinajstić information content (AvgIpc) is 3.57. The molecule has 0 saturated heterocycles. The van der Waals surface area contributed by atoms with Crippen LogP contribution < -0.4 is 5.73 Å². The molecule has 2 N–H and O–H groups in total. The minimum absolute atomic E-state index is 0.765. The first-order valence-electron chi connectivity index (χ1n) is 27.6. The Morgan fingerprint density at radius 1 is 0.229 bits per heavy atom. The number of halogens is 3. The van der Waals surface area contributed by atoms with Crippen LogP contribution in [0.15, 0.2) is 315 Å². The van der Waals surface area contributed by atoms with E-state index in [1.54, 1.807) is 0 Å². The summed E-state index contributed by atoms with van der Waals surface area (Å²) in [5.41, 5.74) is 24.0. The molecule has 0 aliphatic carbocycles. The van der Waals surface area contributed by atoms with Crippen LogP contribution in [0.5, 0.6) is 0 Å². The van der Waals surface area contributed by atoms with Gasteiger partial charge in [0.1, 0.15) is 0 Å². The zero-order valence-electron chi connectivity index (χ0n) is 46.4. The van der Waals surface area contributed by atoms with Gasteiger partial charge >= 0.3 is 0 Å². The molecule has 0 radical (unpaired) electrons. The summed E-state index contributed by atoms with van der Waals surface area (Å²) in [6, 6.07) is 112. The van der Waals surface area contributed by atoms with Crippen LogP contribution in [0.2, 0.25) is 5.02 Å². The molecule has 0 aliphatic rings. The summed E-state index contributed by atoms with van der Waals surface area (Å²) in [4.78, 5) is 3.94. The van der Waals surface area contributed by atoms with Gasteiger partial charge in [-0.15, -0.1) is 0 Å². The first-order chi connectivity index (χ1) is 40.9. The van der Waals surface area contributed by atoms with Crippen LogP contribution in [-0.4, -0.2) is 9.86 Å². The highest BCUT2D eigenvalue weighted by atomic mass is 127. The molecule has 0 aromatic heterocycles. The van der Waals surface area contributed by atoms with Gasteiger partial charge in [-0.3, -0.25) is 0 Å². The molecule has 0 spiro atoms. The fourth-order valence-electron chi connectivity index (χ4n) is 10.4. The number of nitrogens with two attached hydrogens (primary N) is 1. The van der Waals surface area contributed by atoms with Gasteiger partial charge < -0.3 is 5.73 Å². The van der Waals surface area contributed by atoms with Gasteiger partial charge in [-0.05, 0) is 198 Å². The molecule has 14 aromatic carbocycles. The van der Waals surface area contributed by atoms with Gasteiger partial charge in [-0.25, -0.2) is 0 Å². The monoisotopic (exact) mass is 1310 g/mol. The Hall–Kier alpha value is -8.33. The molecule has 0 saturated carbocycles. The van der Waals surface area contributed by atoms with Crippen LogP contribution in [0, 0.1) is 0 Å². The lowest BCUT2D eigenvalue weighted by atomic mass is 9.96. The number of benzene rings is 14. The highest BCUT2D eigenvalue weighted by Crippen LogP contribution is 2.33. The lowest BCUT2D eigenvalue weighted by molar-refractivity contribution is 1.19. The molecule has 0 unspecified atom stereocenters. The van der Waals surface area contributed by atoms with Crippen LogP contribution in [0.3, 0.4) is 0 Å². The molecule has 14 rings (SSSR count). The molecule has 0 bridgehead atoms. The smallest absolute Gasteiger partial charge is 0.0406 e. The highest BCUT2D eigenvalue weighted by Gasteiger charge is 2.08. The van der Waals surface area contributed by atoms with Gasteiger partial charge in [0.05, 0.1) is 0 Å². The van der Waals surface area contributed by atoms with Gasteiger partial charge in [0.15, 0.2) is 0 Å². The number of nitrogen functional groups attached to an aromatic ring is 1. The van der Waals surface area contributed by atoms with E-state index in [-0.39, 0.29) is 0 Å². The van der Waals surface area contributed by atoms with Gasteiger partial charge in [-0.1, -0.05) is 312 Å². The minimum atomic E-state index is 0.765. The van der Waals surface area contributed by atoms with E-state index in [9.17, 15) is 0 Å². The quantitative estimate of drug-likeness (QED) is 0.0916. The fourth-order valence-corrected chi connectivity index (χ4v) is 10.5. The van der Waals surface area contributed by atoms with E-state index in [0.717, 1.165) is 17.1 Å². The van der Waals surface area contributed by atoms with Crippen LogP contribution in [-0.2, 0) is 6.42 Å². The molecular formula is C79H62ClI2N. The number of fused-ring (bicyclic) bond motifs is 4. The van der Waals surface area contributed by atoms with Crippen molar-refractivity contribution < 1.29 is 0 Å². The molecule has 0 atom stereocenters. The van der Waals surface area contributed by atoms with Gasteiger partial charge in [-0.2, -0.15) is 0 Å². The Bertz CT molecular complexity index is 4370. The van der Waals surface area contributed by atoms with E-state index in [4.69, 9.17) is 17.3 Å². The van der Waals surface area contributed by atoms with Crippen molar-refractivity contribution in [1.82, 2.24) is 0 Å². The molecule has 0 fully saturated rings. The van der Waals surface area contributed by atoms with Crippen molar-refractivity contribution in [3.8, 4) is 66.8 Å². The van der Waals surface area contributed by atoms with E-state index < -0.39 is 0 Å². The molecule has 0 aliphatic heterocycles. The molecule has 4 heteroatoms. The van der Waals surface area contributed by atoms with Crippen molar-refractivity contribution >= 4 is 106 Å². The Morgan fingerprint density at radius 2 is 0.458 bits per heavy atom. The molecular weight excluding hydrogens is 1250 g/mol. The Labute approximate surface area is 521 Å². The maximum Gasteiger partial charge on any atom is 0.0406 e. The van der Waals surface area contributed by atoms with Crippen molar-refractivity contribution in [2.75, 3.05) is 15.6 Å². The molecule has 14 aromatic rings. The number of anilines is 1. The zero-order chi connectivity index (χ0) is 57.3. The summed E-state index contributed by atoms with van der Waals surface area (Å²) in [6.07, 6.45) is 0.927. The molecule has 0 heterocycles. The van der Waals surface area contributed by atoms with Crippen LogP contribution in [0.1, 0.15) is 11.1 Å².